The van der Waals surface area contributed by atoms with Crippen LogP contribution in [-0.4, -0.2) is 54.3 Å². The van der Waals surface area contributed by atoms with E-state index in [-0.39, 0.29) is 5.91 Å². The van der Waals surface area contributed by atoms with E-state index in [1.807, 2.05) is 30.3 Å². The highest BCUT2D eigenvalue weighted by atomic mass is 16.5. The number of para-hydroxylation sites is 1. The van der Waals surface area contributed by atoms with Crippen LogP contribution in [0.2, 0.25) is 0 Å². The average molecular weight is 342 g/mol. The van der Waals surface area contributed by atoms with Crippen molar-refractivity contribution in [3.05, 3.63) is 47.8 Å². The van der Waals surface area contributed by atoms with Gasteiger partial charge in [-0.05, 0) is 50.0 Å². The average Bonchev–Trinajstić information content (AvgIpc) is 3.17. The third-order valence-corrected chi connectivity index (χ3v) is 4.83. The van der Waals surface area contributed by atoms with Crippen LogP contribution in [0.1, 0.15) is 30.0 Å². The maximum absolute atomic E-state index is 12.2. The SMILES string of the molecule is COc1ccccc1CCNC(=O)CN1CCC(c2ccn[nH]2)CC1. The molecule has 0 atom stereocenters. The number of carbonyl (C=O) groups excluding carboxylic acids is 1. The summed E-state index contributed by atoms with van der Waals surface area (Å²) in [5.74, 6) is 1.50. The number of hydrogen-bond acceptors (Lipinski definition) is 4. The van der Waals surface area contributed by atoms with Crippen molar-refractivity contribution in [3.63, 3.8) is 0 Å². The molecule has 6 nitrogen and oxygen atoms in total. The highest BCUT2D eigenvalue weighted by Crippen LogP contribution is 2.25. The molecule has 1 aromatic carbocycles. The third kappa shape index (κ3) is 4.82. The van der Waals surface area contributed by atoms with Crippen LogP contribution >= 0.6 is 0 Å². The predicted octanol–water partition coefficient (Wildman–Crippen LogP) is 1.96. The minimum absolute atomic E-state index is 0.0925. The van der Waals surface area contributed by atoms with Crippen molar-refractivity contribution in [1.82, 2.24) is 20.4 Å². The Morgan fingerprint density at radius 2 is 2.12 bits per heavy atom. The first-order chi connectivity index (χ1) is 12.3. The van der Waals surface area contributed by atoms with Crippen molar-refractivity contribution in [3.8, 4) is 5.75 Å². The molecule has 6 heteroatoms. The molecular formula is C19H26N4O2. The van der Waals surface area contributed by atoms with Crippen molar-refractivity contribution in [2.75, 3.05) is 33.3 Å². The molecule has 2 heterocycles. The van der Waals surface area contributed by atoms with E-state index >= 15 is 0 Å². The Morgan fingerprint density at radius 1 is 1.32 bits per heavy atom. The van der Waals surface area contributed by atoms with Gasteiger partial charge in [0.15, 0.2) is 0 Å². The summed E-state index contributed by atoms with van der Waals surface area (Å²) in [5.41, 5.74) is 2.33. The lowest BCUT2D eigenvalue weighted by Gasteiger charge is -2.30. The summed E-state index contributed by atoms with van der Waals surface area (Å²) in [6, 6.07) is 9.97. The zero-order chi connectivity index (χ0) is 17.5. The molecule has 0 spiro atoms. The Morgan fingerprint density at radius 3 is 2.84 bits per heavy atom. The summed E-state index contributed by atoms with van der Waals surface area (Å²) >= 11 is 0. The van der Waals surface area contributed by atoms with E-state index in [0.29, 0.717) is 19.0 Å². The highest BCUT2D eigenvalue weighted by Gasteiger charge is 2.22. The van der Waals surface area contributed by atoms with Gasteiger partial charge in [-0.2, -0.15) is 5.10 Å². The van der Waals surface area contributed by atoms with Gasteiger partial charge in [0.1, 0.15) is 5.75 Å². The van der Waals surface area contributed by atoms with Gasteiger partial charge in [0.25, 0.3) is 0 Å². The molecule has 0 bridgehead atoms. The fourth-order valence-electron chi connectivity index (χ4n) is 3.40. The maximum Gasteiger partial charge on any atom is 0.234 e. The van der Waals surface area contributed by atoms with Crippen LogP contribution in [-0.2, 0) is 11.2 Å². The number of rotatable bonds is 7. The Kier molecular flexibility index (Phi) is 6.06. The van der Waals surface area contributed by atoms with Crippen molar-refractivity contribution in [2.24, 2.45) is 0 Å². The fourth-order valence-corrected chi connectivity index (χ4v) is 3.40. The quantitative estimate of drug-likeness (QED) is 0.807. The molecule has 25 heavy (non-hydrogen) atoms. The molecule has 1 aromatic heterocycles. The Balaban J connectivity index is 1.37. The fraction of sp³-hybridized carbons (Fsp3) is 0.474. The van der Waals surface area contributed by atoms with E-state index in [4.69, 9.17) is 4.74 Å². The summed E-state index contributed by atoms with van der Waals surface area (Å²) in [5, 5.41) is 10.1. The number of benzene rings is 1. The van der Waals surface area contributed by atoms with Crippen LogP contribution in [0.25, 0.3) is 0 Å². The summed E-state index contributed by atoms with van der Waals surface area (Å²) in [6.07, 6.45) is 4.71. The number of methoxy groups -OCH3 is 1. The topological polar surface area (TPSA) is 70.2 Å². The van der Waals surface area contributed by atoms with Gasteiger partial charge in [-0.15, -0.1) is 0 Å². The van der Waals surface area contributed by atoms with Gasteiger partial charge in [0.05, 0.1) is 13.7 Å². The lowest BCUT2D eigenvalue weighted by atomic mass is 9.94. The van der Waals surface area contributed by atoms with E-state index < -0.39 is 0 Å². The van der Waals surface area contributed by atoms with Crippen molar-refractivity contribution in [2.45, 2.75) is 25.2 Å². The molecule has 3 rings (SSSR count). The maximum atomic E-state index is 12.2. The van der Waals surface area contributed by atoms with E-state index in [1.54, 1.807) is 13.3 Å². The van der Waals surface area contributed by atoms with Gasteiger partial charge in [0, 0.05) is 24.4 Å². The molecule has 2 N–H and O–H groups in total. The van der Waals surface area contributed by atoms with Gasteiger partial charge < -0.3 is 10.1 Å². The summed E-state index contributed by atoms with van der Waals surface area (Å²) in [7, 11) is 1.67. The molecule has 1 aliphatic rings. The normalized spacial score (nSPS) is 15.9. The van der Waals surface area contributed by atoms with Gasteiger partial charge in [0.2, 0.25) is 5.91 Å². The number of nitrogens with one attached hydrogen (secondary N) is 2. The lowest BCUT2D eigenvalue weighted by Crippen LogP contribution is -2.41. The zero-order valence-corrected chi connectivity index (χ0v) is 14.7. The van der Waals surface area contributed by atoms with Crippen LogP contribution in [0.4, 0.5) is 0 Å². The first-order valence-electron chi connectivity index (χ1n) is 8.86. The second-order valence-electron chi connectivity index (χ2n) is 6.47. The van der Waals surface area contributed by atoms with E-state index in [9.17, 15) is 4.79 Å². The Bertz CT molecular complexity index is 664. The van der Waals surface area contributed by atoms with Crippen molar-refractivity contribution >= 4 is 5.91 Å². The van der Waals surface area contributed by atoms with Crippen molar-refractivity contribution in [1.29, 1.82) is 0 Å². The number of aromatic nitrogens is 2. The smallest absolute Gasteiger partial charge is 0.234 e. The van der Waals surface area contributed by atoms with Gasteiger partial charge in [-0.1, -0.05) is 18.2 Å². The number of nitrogens with zero attached hydrogens (tertiary/aromatic N) is 2. The zero-order valence-electron chi connectivity index (χ0n) is 14.7. The minimum atomic E-state index is 0.0925. The van der Waals surface area contributed by atoms with E-state index in [2.05, 4.69) is 20.4 Å². The number of ether oxygens (including phenoxy) is 1. The number of carbonyl (C=O) groups is 1. The van der Waals surface area contributed by atoms with E-state index in [0.717, 1.165) is 43.7 Å². The molecule has 1 saturated heterocycles. The predicted molar refractivity (Wildman–Crippen MR) is 96.7 cm³/mol. The number of piperidine rings is 1. The Labute approximate surface area is 148 Å². The van der Waals surface area contributed by atoms with Crippen LogP contribution < -0.4 is 10.1 Å². The molecule has 1 aliphatic heterocycles. The van der Waals surface area contributed by atoms with E-state index in [1.165, 1.54) is 5.69 Å². The molecule has 134 valence electrons. The molecule has 1 amide bonds. The monoisotopic (exact) mass is 342 g/mol. The summed E-state index contributed by atoms with van der Waals surface area (Å²) in [6.45, 7) is 3.00. The number of aromatic amines is 1. The molecule has 0 saturated carbocycles. The van der Waals surface area contributed by atoms with Crippen LogP contribution in [0, 0.1) is 0 Å². The third-order valence-electron chi connectivity index (χ3n) is 4.83. The highest BCUT2D eigenvalue weighted by molar-refractivity contribution is 5.78. The molecule has 0 aliphatic carbocycles. The van der Waals surface area contributed by atoms with Crippen LogP contribution in [0.5, 0.6) is 5.75 Å². The largest absolute Gasteiger partial charge is 0.496 e. The number of amides is 1. The first-order valence-corrected chi connectivity index (χ1v) is 8.86. The first kappa shape index (κ1) is 17.5. The lowest BCUT2D eigenvalue weighted by molar-refractivity contribution is -0.122. The van der Waals surface area contributed by atoms with Crippen LogP contribution in [0.15, 0.2) is 36.5 Å². The number of likely N-dealkylation sites (tertiary alicyclic amines) is 1. The second-order valence-corrected chi connectivity index (χ2v) is 6.47. The summed E-state index contributed by atoms with van der Waals surface area (Å²) in [4.78, 5) is 14.4. The number of hydrogen-bond donors (Lipinski definition) is 2. The summed E-state index contributed by atoms with van der Waals surface area (Å²) < 4.78 is 5.34. The minimum Gasteiger partial charge on any atom is -0.496 e. The van der Waals surface area contributed by atoms with Crippen LogP contribution in [0.3, 0.4) is 0 Å². The standard InChI is InChI=1S/C19H26N4O2/c1-25-18-5-3-2-4-16(18)6-10-20-19(24)14-23-12-8-15(9-13-23)17-7-11-21-22-17/h2-5,7,11,15H,6,8-10,12-14H2,1H3,(H,20,24)(H,21,22). The number of H-pyrrole nitrogens is 1. The molecule has 1 fully saturated rings. The Hall–Kier alpha value is -2.34. The molecular weight excluding hydrogens is 316 g/mol. The molecule has 0 radical (unpaired) electrons. The molecule has 0 unspecified atom stereocenters. The second kappa shape index (κ2) is 8.67. The van der Waals surface area contributed by atoms with Crippen molar-refractivity contribution < 1.29 is 9.53 Å². The molecule has 2 aromatic rings. The van der Waals surface area contributed by atoms with Gasteiger partial charge >= 0.3 is 0 Å². The van der Waals surface area contributed by atoms with Gasteiger partial charge in [-0.3, -0.25) is 14.8 Å². The van der Waals surface area contributed by atoms with Gasteiger partial charge in [-0.25, -0.2) is 0 Å².